The van der Waals surface area contributed by atoms with Crippen LogP contribution < -0.4 is 10.2 Å². The first-order valence-electron chi connectivity index (χ1n) is 9.45. The maximum Gasteiger partial charge on any atom is 0.159 e. The summed E-state index contributed by atoms with van der Waals surface area (Å²) in [5.74, 6) is 0.369. The Morgan fingerprint density at radius 3 is 3.04 bits per heavy atom. The van der Waals surface area contributed by atoms with E-state index in [0.29, 0.717) is 5.92 Å². The number of aromatic amines is 1. The van der Waals surface area contributed by atoms with Gasteiger partial charge in [0.05, 0.1) is 29.9 Å². The summed E-state index contributed by atoms with van der Waals surface area (Å²) in [5, 5.41) is 3.65. The summed E-state index contributed by atoms with van der Waals surface area (Å²) in [7, 11) is 0. The number of hydrogen-bond acceptors (Lipinski definition) is 5. The molecule has 1 fully saturated rings. The largest absolute Gasteiger partial charge is 0.366 e. The van der Waals surface area contributed by atoms with E-state index < -0.39 is 0 Å². The van der Waals surface area contributed by atoms with Crippen molar-refractivity contribution < 1.29 is 0 Å². The molecule has 0 aliphatic carbocycles. The topological polar surface area (TPSA) is 74.1 Å². The highest BCUT2D eigenvalue weighted by molar-refractivity contribution is 5.86. The van der Waals surface area contributed by atoms with Crippen molar-refractivity contribution in [3.63, 3.8) is 0 Å². The van der Waals surface area contributed by atoms with Crippen molar-refractivity contribution >= 4 is 22.5 Å². The minimum atomic E-state index is 0.209. The van der Waals surface area contributed by atoms with Crippen molar-refractivity contribution in [2.45, 2.75) is 25.8 Å². The fraction of sp³-hybridized carbons (Fsp3) is 0.350. The average Bonchev–Trinajstić information content (AvgIpc) is 3.34. The van der Waals surface area contributed by atoms with Crippen molar-refractivity contribution in [1.29, 1.82) is 0 Å². The van der Waals surface area contributed by atoms with Crippen LogP contribution in [0.5, 0.6) is 0 Å². The Bertz CT molecular complexity index is 1090. The molecule has 0 saturated carbocycles. The first-order chi connectivity index (χ1) is 13.2. The molecular weight excluding hydrogens is 338 g/mol. The fourth-order valence-electron chi connectivity index (χ4n) is 3.84. The lowest BCUT2D eigenvalue weighted by Gasteiger charge is -2.35. The van der Waals surface area contributed by atoms with Gasteiger partial charge in [0.15, 0.2) is 5.65 Å². The van der Waals surface area contributed by atoms with Crippen LogP contribution in [0.1, 0.15) is 37.2 Å². The van der Waals surface area contributed by atoms with Gasteiger partial charge in [-0.15, -0.1) is 0 Å². The first kappa shape index (κ1) is 16.3. The molecule has 0 bridgehead atoms. The lowest BCUT2D eigenvalue weighted by atomic mass is 10.1. The van der Waals surface area contributed by atoms with E-state index in [1.54, 1.807) is 6.33 Å². The Morgan fingerprint density at radius 1 is 1.22 bits per heavy atom. The Balaban J connectivity index is 1.53. The number of nitrogens with one attached hydrogen (secondary N) is 2. The summed E-state index contributed by atoms with van der Waals surface area (Å²) in [6, 6.07) is 8.51. The average molecular weight is 361 g/mol. The highest BCUT2D eigenvalue weighted by Crippen LogP contribution is 2.30. The summed E-state index contributed by atoms with van der Waals surface area (Å²) in [4.78, 5) is 19.4. The second-order valence-electron chi connectivity index (χ2n) is 7.39. The Morgan fingerprint density at radius 2 is 2.15 bits per heavy atom. The van der Waals surface area contributed by atoms with Crippen LogP contribution in [0.4, 0.5) is 5.69 Å². The van der Waals surface area contributed by atoms with Gasteiger partial charge in [-0.1, -0.05) is 19.9 Å². The number of nitrogens with zero attached hydrogens (tertiary/aromatic N) is 5. The predicted molar refractivity (Wildman–Crippen MR) is 106 cm³/mol. The van der Waals surface area contributed by atoms with Gasteiger partial charge in [0.25, 0.3) is 0 Å². The molecule has 4 aromatic rings. The summed E-state index contributed by atoms with van der Waals surface area (Å²) >= 11 is 0. The number of piperazine rings is 1. The van der Waals surface area contributed by atoms with Gasteiger partial charge in [0, 0.05) is 31.5 Å². The Kier molecular flexibility index (Phi) is 3.82. The molecule has 5 rings (SSSR count). The molecule has 1 aliphatic heterocycles. The zero-order valence-electron chi connectivity index (χ0n) is 15.6. The van der Waals surface area contributed by atoms with Gasteiger partial charge in [-0.25, -0.2) is 15.0 Å². The second kappa shape index (κ2) is 6.35. The van der Waals surface area contributed by atoms with Crippen LogP contribution >= 0.6 is 0 Å². The van der Waals surface area contributed by atoms with Crippen molar-refractivity contribution in [2.75, 3.05) is 24.5 Å². The zero-order valence-corrected chi connectivity index (χ0v) is 15.6. The maximum atomic E-state index is 4.73. The van der Waals surface area contributed by atoms with Crippen LogP contribution in [0.15, 0.2) is 43.0 Å². The van der Waals surface area contributed by atoms with Gasteiger partial charge in [0.1, 0.15) is 11.2 Å². The van der Waals surface area contributed by atoms with E-state index in [-0.39, 0.29) is 6.04 Å². The zero-order chi connectivity index (χ0) is 18.4. The Labute approximate surface area is 157 Å². The standard InChI is InChI=1S/C20H23N7/c1-13(2)14-9-16(19-20(25-14)24-12-23-19)26-8-6-21-15(11-26)17-10-22-18-5-3-4-7-27(17)18/h3-5,7,9-10,12-13,15,21H,6,8,11H2,1-2H3,(H,23,24,25)/t15-/m1/s1. The van der Waals surface area contributed by atoms with Gasteiger partial charge in [-0.2, -0.15) is 0 Å². The van der Waals surface area contributed by atoms with Crippen LogP contribution in [0, 0.1) is 0 Å². The number of aromatic nitrogens is 5. The normalized spacial score (nSPS) is 18.0. The highest BCUT2D eigenvalue weighted by Gasteiger charge is 2.26. The number of fused-ring (bicyclic) bond motifs is 2. The smallest absolute Gasteiger partial charge is 0.159 e. The van der Waals surface area contributed by atoms with Gasteiger partial charge in [0.2, 0.25) is 0 Å². The molecule has 1 saturated heterocycles. The minimum absolute atomic E-state index is 0.209. The van der Waals surface area contributed by atoms with Gasteiger partial charge >= 0.3 is 0 Å². The molecule has 138 valence electrons. The first-order valence-corrected chi connectivity index (χ1v) is 9.45. The van der Waals surface area contributed by atoms with Crippen molar-refractivity contribution in [2.24, 2.45) is 0 Å². The van der Waals surface area contributed by atoms with Crippen LogP contribution in [0.2, 0.25) is 0 Å². The van der Waals surface area contributed by atoms with E-state index in [0.717, 1.165) is 47.8 Å². The number of hydrogen-bond donors (Lipinski definition) is 2. The van der Waals surface area contributed by atoms with E-state index in [1.807, 2.05) is 24.4 Å². The molecule has 5 heterocycles. The van der Waals surface area contributed by atoms with E-state index in [9.17, 15) is 0 Å². The van der Waals surface area contributed by atoms with E-state index in [1.165, 1.54) is 5.69 Å². The second-order valence-corrected chi connectivity index (χ2v) is 7.39. The van der Waals surface area contributed by atoms with Crippen LogP contribution in [0.25, 0.3) is 16.8 Å². The van der Waals surface area contributed by atoms with Crippen LogP contribution in [-0.2, 0) is 0 Å². The highest BCUT2D eigenvalue weighted by atomic mass is 15.2. The van der Waals surface area contributed by atoms with Crippen molar-refractivity contribution in [1.82, 2.24) is 29.7 Å². The third-order valence-corrected chi connectivity index (χ3v) is 5.30. The number of imidazole rings is 2. The van der Waals surface area contributed by atoms with Crippen molar-refractivity contribution in [3.05, 3.63) is 54.4 Å². The monoisotopic (exact) mass is 361 g/mol. The fourth-order valence-corrected chi connectivity index (χ4v) is 3.84. The molecule has 2 N–H and O–H groups in total. The number of rotatable bonds is 3. The lowest BCUT2D eigenvalue weighted by Crippen LogP contribution is -2.46. The molecule has 1 atom stereocenters. The summed E-state index contributed by atoms with van der Waals surface area (Å²) in [5.41, 5.74) is 6.22. The molecular formula is C20H23N7. The van der Waals surface area contributed by atoms with E-state index in [2.05, 4.69) is 55.7 Å². The maximum absolute atomic E-state index is 4.73. The summed E-state index contributed by atoms with van der Waals surface area (Å²) in [6.45, 7) is 7.07. The van der Waals surface area contributed by atoms with Gasteiger partial charge in [-0.3, -0.25) is 0 Å². The van der Waals surface area contributed by atoms with E-state index >= 15 is 0 Å². The third-order valence-electron chi connectivity index (χ3n) is 5.30. The van der Waals surface area contributed by atoms with Gasteiger partial charge < -0.3 is 19.6 Å². The number of pyridine rings is 2. The lowest BCUT2D eigenvalue weighted by molar-refractivity contribution is 0.462. The van der Waals surface area contributed by atoms with Crippen molar-refractivity contribution in [3.8, 4) is 0 Å². The van der Waals surface area contributed by atoms with Gasteiger partial charge in [-0.05, 0) is 24.1 Å². The minimum Gasteiger partial charge on any atom is -0.366 e. The Hall–Kier alpha value is -2.93. The summed E-state index contributed by atoms with van der Waals surface area (Å²) in [6.07, 6.45) is 5.79. The van der Waals surface area contributed by atoms with Crippen LogP contribution in [-0.4, -0.2) is 44.0 Å². The molecule has 27 heavy (non-hydrogen) atoms. The molecule has 4 aromatic heterocycles. The van der Waals surface area contributed by atoms with Crippen LogP contribution in [0.3, 0.4) is 0 Å². The quantitative estimate of drug-likeness (QED) is 0.587. The summed E-state index contributed by atoms with van der Waals surface area (Å²) < 4.78 is 2.16. The molecule has 0 radical (unpaired) electrons. The molecule has 0 aromatic carbocycles. The molecule has 7 heteroatoms. The molecule has 1 aliphatic rings. The molecule has 7 nitrogen and oxygen atoms in total. The molecule has 0 unspecified atom stereocenters. The van der Waals surface area contributed by atoms with E-state index in [4.69, 9.17) is 4.98 Å². The predicted octanol–water partition coefficient (Wildman–Crippen LogP) is 2.88. The SMILES string of the molecule is CC(C)c1cc(N2CCN[C@@H](c3cnc4ccccn34)C2)c2nc[nH]c2n1. The number of anilines is 1. The third kappa shape index (κ3) is 2.75. The molecule has 0 spiro atoms. The number of H-pyrrole nitrogens is 1. The molecule has 0 amide bonds.